The number of hydrogen-bond acceptors (Lipinski definition) is 2. The van der Waals surface area contributed by atoms with E-state index in [1.54, 1.807) is 0 Å². The minimum Gasteiger partial charge on any atom is -0.371 e. The van der Waals surface area contributed by atoms with Crippen LogP contribution in [0.25, 0.3) is 11.1 Å². The Balaban J connectivity index is 1.61. The molecular formula is C22H25FN2OSi. The fraction of sp³-hybridized carbons (Fsp3) is 0.318. The largest absolute Gasteiger partial charge is 0.371 e. The number of fused-ring (bicyclic) bond motifs is 1. The molecule has 1 aliphatic rings. The van der Waals surface area contributed by atoms with Gasteiger partial charge in [0.15, 0.2) is 0 Å². The summed E-state index contributed by atoms with van der Waals surface area (Å²) < 4.78 is 21.7. The van der Waals surface area contributed by atoms with Crippen LogP contribution in [-0.4, -0.2) is 24.0 Å². The van der Waals surface area contributed by atoms with E-state index in [4.69, 9.17) is 9.84 Å². The van der Waals surface area contributed by atoms with E-state index in [1.807, 2.05) is 30.3 Å². The predicted octanol–water partition coefficient (Wildman–Crippen LogP) is 4.38. The summed E-state index contributed by atoms with van der Waals surface area (Å²) in [5.41, 5.74) is 4.65. The number of hydrogen-bond donors (Lipinski definition) is 0. The van der Waals surface area contributed by atoms with Gasteiger partial charge in [-0.05, 0) is 23.3 Å². The molecule has 0 fully saturated rings. The first-order valence-electron chi connectivity index (χ1n) is 9.43. The van der Waals surface area contributed by atoms with E-state index < -0.39 is 8.07 Å². The van der Waals surface area contributed by atoms with Crippen LogP contribution in [0.15, 0.2) is 54.6 Å². The maximum absolute atomic E-state index is 13.4. The molecule has 1 aliphatic heterocycles. The highest BCUT2D eigenvalue weighted by Crippen LogP contribution is 2.30. The minimum absolute atomic E-state index is 0.127. The highest BCUT2D eigenvalue weighted by molar-refractivity contribution is 6.89. The molecule has 0 saturated carbocycles. The molecule has 140 valence electrons. The van der Waals surface area contributed by atoms with Crippen LogP contribution in [0.3, 0.4) is 0 Å². The molecule has 0 saturated heterocycles. The Kier molecular flexibility index (Phi) is 4.74. The first-order valence-corrected chi connectivity index (χ1v) is 12.9. The van der Waals surface area contributed by atoms with Gasteiger partial charge in [-0.15, -0.1) is 0 Å². The molecule has 2 aromatic carbocycles. The van der Waals surface area contributed by atoms with E-state index >= 15 is 0 Å². The molecule has 0 radical (unpaired) electrons. The summed E-state index contributed by atoms with van der Waals surface area (Å²) in [7, 11) is -1.63. The number of nitrogens with zero attached hydrogens (tertiary/aromatic N) is 2. The highest BCUT2D eigenvalue weighted by Gasteiger charge is 2.34. The molecule has 4 rings (SSSR count). The monoisotopic (exact) mass is 380 g/mol. The summed E-state index contributed by atoms with van der Waals surface area (Å²) in [6.45, 7) is 8.31. The van der Waals surface area contributed by atoms with E-state index in [9.17, 15) is 4.39 Å². The quantitative estimate of drug-likeness (QED) is 0.615. The SMILES string of the molecule is C[Si](C)(C)c1nn2c(c1-c1ccc(F)cc1)C[C@@H](OCc1ccccc1)C2. The van der Waals surface area contributed by atoms with Gasteiger partial charge in [-0.1, -0.05) is 62.1 Å². The van der Waals surface area contributed by atoms with Crippen molar-refractivity contribution in [3.05, 3.63) is 71.7 Å². The summed E-state index contributed by atoms with van der Waals surface area (Å²) in [6, 6.07) is 17.1. The van der Waals surface area contributed by atoms with Crippen molar-refractivity contribution in [2.45, 2.75) is 45.3 Å². The second-order valence-electron chi connectivity index (χ2n) is 8.23. The molecule has 2 heterocycles. The van der Waals surface area contributed by atoms with Gasteiger partial charge in [0.2, 0.25) is 0 Å². The summed E-state index contributed by atoms with van der Waals surface area (Å²) in [6.07, 6.45) is 0.972. The number of aromatic nitrogens is 2. The fourth-order valence-corrected chi connectivity index (χ4v) is 5.13. The third kappa shape index (κ3) is 3.75. The first-order chi connectivity index (χ1) is 12.9. The van der Waals surface area contributed by atoms with Gasteiger partial charge in [0.05, 0.1) is 24.6 Å². The van der Waals surface area contributed by atoms with Gasteiger partial charge >= 0.3 is 0 Å². The van der Waals surface area contributed by atoms with Crippen molar-refractivity contribution in [1.29, 1.82) is 0 Å². The van der Waals surface area contributed by atoms with Crippen LogP contribution >= 0.6 is 0 Å². The number of rotatable bonds is 5. The third-order valence-electron chi connectivity index (χ3n) is 5.03. The Bertz CT molecular complexity index is 929. The molecule has 1 atom stereocenters. The van der Waals surface area contributed by atoms with Gasteiger partial charge in [0.1, 0.15) is 13.9 Å². The number of ether oxygens (including phenoxy) is 1. The Morgan fingerprint density at radius 3 is 2.44 bits per heavy atom. The summed E-state index contributed by atoms with van der Waals surface area (Å²) in [5, 5.41) is 6.17. The van der Waals surface area contributed by atoms with Gasteiger partial charge in [0.25, 0.3) is 0 Å². The Labute approximate surface area is 160 Å². The van der Waals surface area contributed by atoms with Gasteiger partial charge < -0.3 is 4.74 Å². The molecule has 0 aliphatic carbocycles. The number of halogens is 1. The molecule has 0 unspecified atom stereocenters. The lowest BCUT2D eigenvalue weighted by atomic mass is 10.0. The lowest BCUT2D eigenvalue weighted by Gasteiger charge is -2.17. The normalized spacial score (nSPS) is 16.5. The van der Waals surface area contributed by atoms with Crippen molar-refractivity contribution in [3.8, 4) is 11.1 Å². The first kappa shape index (κ1) is 18.1. The van der Waals surface area contributed by atoms with E-state index in [1.165, 1.54) is 34.3 Å². The van der Waals surface area contributed by atoms with Crippen molar-refractivity contribution in [3.63, 3.8) is 0 Å². The topological polar surface area (TPSA) is 27.1 Å². The van der Waals surface area contributed by atoms with E-state index in [0.717, 1.165) is 18.5 Å². The lowest BCUT2D eigenvalue weighted by Crippen LogP contribution is -2.41. The molecule has 0 N–H and O–H groups in total. The van der Waals surface area contributed by atoms with Crippen LogP contribution in [0.1, 0.15) is 11.3 Å². The summed E-state index contributed by atoms with van der Waals surface area (Å²) in [5.74, 6) is -0.207. The zero-order chi connectivity index (χ0) is 19.0. The van der Waals surface area contributed by atoms with Gasteiger partial charge in [0, 0.05) is 17.7 Å². The van der Waals surface area contributed by atoms with Crippen molar-refractivity contribution in [1.82, 2.24) is 9.78 Å². The Morgan fingerprint density at radius 1 is 1.07 bits per heavy atom. The van der Waals surface area contributed by atoms with Crippen molar-refractivity contribution >= 4 is 13.4 Å². The van der Waals surface area contributed by atoms with Crippen LogP contribution in [0.4, 0.5) is 4.39 Å². The molecular weight excluding hydrogens is 355 g/mol. The average molecular weight is 381 g/mol. The van der Waals surface area contributed by atoms with Crippen molar-refractivity contribution in [2.24, 2.45) is 0 Å². The van der Waals surface area contributed by atoms with Gasteiger partial charge in [-0.25, -0.2) is 4.39 Å². The second kappa shape index (κ2) is 7.06. The smallest absolute Gasteiger partial charge is 0.123 e. The van der Waals surface area contributed by atoms with Gasteiger partial charge in [-0.3, -0.25) is 4.68 Å². The molecule has 3 nitrogen and oxygen atoms in total. The fourth-order valence-electron chi connectivity index (χ4n) is 3.67. The minimum atomic E-state index is -1.63. The van der Waals surface area contributed by atoms with Gasteiger partial charge in [-0.2, -0.15) is 5.10 Å². The molecule has 3 aromatic rings. The zero-order valence-electron chi connectivity index (χ0n) is 16.1. The standard InChI is InChI=1S/C22H25FN2OSi/c1-27(2,3)22-21(17-9-11-18(23)12-10-17)20-13-19(14-25(20)24-22)26-15-16-7-5-4-6-8-16/h4-12,19H,13-15H2,1-3H3/t19-/m1/s1. The Morgan fingerprint density at radius 2 is 1.78 bits per heavy atom. The third-order valence-corrected chi connectivity index (χ3v) is 6.80. The Hall–Kier alpha value is -2.24. The molecule has 1 aromatic heterocycles. The number of benzene rings is 2. The molecule has 0 bridgehead atoms. The second-order valence-corrected chi connectivity index (χ2v) is 13.2. The van der Waals surface area contributed by atoms with Crippen LogP contribution in [0, 0.1) is 5.82 Å². The average Bonchev–Trinajstić information content (AvgIpc) is 3.19. The van der Waals surface area contributed by atoms with Crippen molar-refractivity contribution < 1.29 is 9.13 Å². The maximum atomic E-state index is 13.4. The molecule has 0 amide bonds. The molecule has 27 heavy (non-hydrogen) atoms. The zero-order valence-corrected chi connectivity index (χ0v) is 17.1. The predicted molar refractivity (Wildman–Crippen MR) is 109 cm³/mol. The molecule has 0 spiro atoms. The lowest BCUT2D eigenvalue weighted by molar-refractivity contribution is 0.0404. The summed E-state index contributed by atoms with van der Waals surface area (Å²) >= 11 is 0. The van der Waals surface area contributed by atoms with E-state index in [0.29, 0.717) is 6.61 Å². The van der Waals surface area contributed by atoms with Crippen LogP contribution in [0.2, 0.25) is 19.6 Å². The van der Waals surface area contributed by atoms with Crippen LogP contribution < -0.4 is 5.32 Å². The van der Waals surface area contributed by atoms with E-state index in [-0.39, 0.29) is 11.9 Å². The summed E-state index contributed by atoms with van der Waals surface area (Å²) in [4.78, 5) is 0. The van der Waals surface area contributed by atoms with Crippen LogP contribution in [0.5, 0.6) is 0 Å². The maximum Gasteiger partial charge on any atom is 0.123 e. The van der Waals surface area contributed by atoms with Crippen LogP contribution in [-0.2, 0) is 24.3 Å². The highest BCUT2D eigenvalue weighted by atomic mass is 28.3. The van der Waals surface area contributed by atoms with E-state index in [2.05, 4.69) is 36.5 Å². The van der Waals surface area contributed by atoms with Crippen molar-refractivity contribution in [2.75, 3.05) is 0 Å². The molecule has 5 heteroatoms.